The van der Waals surface area contributed by atoms with Gasteiger partial charge in [0, 0.05) is 23.9 Å². The van der Waals surface area contributed by atoms with Gasteiger partial charge in [0.25, 0.3) is 5.91 Å². The number of hydrogen-bond acceptors (Lipinski definition) is 5. The number of benzene rings is 2. The molecule has 0 saturated heterocycles. The third-order valence-corrected chi connectivity index (χ3v) is 4.99. The largest absolute Gasteiger partial charge is 0.445 e. The summed E-state index contributed by atoms with van der Waals surface area (Å²) < 4.78 is 5.20. The van der Waals surface area contributed by atoms with Crippen molar-refractivity contribution in [1.82, 2.24) is 20.7 Å². The number of carbonyl (C=O) groups excluding carboxylic acids is 2. The van der Waals surface area contributed by atoms with E-state index >= 15 is 0 Å². The molecule has 3 N–H and O–H groups in total. The second-order valence-electron chi connectivity index (χ2n) is 6.42. The van der Waals surface area contributed by atoms with Crippen LogP contribution in [0.5, 0.6) is 0 Å². The fraction of sp³-hybridized carbons (Fsp3) is 0.143. The van der Waals surface area contributed by atoms with Crippen LogP contribution in [0.15, 0.2) is 66.2 Å². The van der Waals surface area contributed by atoms with Gasteiger partial charge in [0.15, 0.2) is 0 Å². The number of imidazole rings is 1. The van der Waals surface area contributed by atoms with Crippen molar-refractivity contribution in [2.75, 3.05) is 0 Å². The minimum absolute atomic E-state index is 0.0798. The molecule has 0 spiro atoms. The number of nitrogens with one attached hydrogen (secondary N) is 3. The predicted molar refractivity (Wildman–Crippen MR) is 118 cm³/mol. The Kier molecular flexibility index (Phi) is 8.03. The summed E-state index contributed by atoms with van der Waals surface area (Å²) in [6, 6.07) is 13.3. The molecule has 0 aliphatic heterocycles. The number of H-pyrrole nitrogens is 1. The second-order valence-corrected chi connectivity index (χ2v) is 7.20. The summed E-state index contributed by atoms with van der Waals surface area (Å²) in [6.07, 6.45) is 3.85. The number of hydrazone groups is 1. The zero-order chi connectivity index (χ0) is 22.1. The molecule has 160 valence electrons. The van der Waals surface area contributed by atoms with Gasteiger partial charge in [-0.15, -0.1) is 0 Å². The van der Waals surface area contributed by atoms with E-state index in [0.29, 0.717) is 21.3 Å². The Morgan fingerprint density at radius 1 is 1.16 bits per heavy atom. The van der Waals surface area contributed by atoms with E-state index in [-0.39, 0.29) is 13.0 Å². The summed E-state index contributed by atoms with van der Waals surface area (Å²) in [4.78, 5) is 31.7. The molecule has 8 nitrogen and oxygen atoms in total. The highest BCUT2D eigenvalue weighted by molar-refractivity contribution is 6.43. The molecule has 2 amide bonds. The molecule has 1 atom stereocenters. The maximum atomic E-state index is 12.6. The third kappa shape index (κ3) is 6.84. The first-order valence-electron chi connectivity index (χ1n) is 9.24. The van der Waals surface area contributed by atoms with E-state index < -0.39 is 18.0 Å². The smallest absolute Gasteiger partial charge is 0.408 e. The number of carbonyl (C=O) groups is 2. The van der Waals surface area contributed by atoms with Crippen LogP contribution in [0.4, 0.5) is 4.79 Å². The van der Waals surface area contributed by atoms with Crippen LogP contribution in [0.3, 0.4) is 0 Å². The molecule has 0 unspecified atom stereocenters. The van der Waals surface area contributed by atoms with Crippen LogP contribution in [0, 0.1) is 0 Å². The van der Waals surface area contributed by atoms with E-state index in [1.165, 1.54) is 12.5 Å². The second kappa shape index (κ2) is 11.1. The van der Waals surface area contributed by atoms with Crippen LogP contribution in [-0.4, -0.2) is 34.2 Å². The molecule has 0 saturated carbocycles. The quantitative estimate of drug-likeness (QED) is 0.352. The van der Waals surface area contributed by atoms with Crippen molar-refractivity contribution >= 4 is 41.4 Å². The number of halogens is 2. The molecular formula is C21H19Cl2N5O3. The van der Waals surface area contributed by atoms with Crippen LogP contribution in [0.1, 0.15) is 16.8 Å². The number of amides is 2. The van der Waals surface area contributed by atoms with Crippen molar-refractivity contribution in [3.05, 3.63) is 87.9 Å². The van der Waals surface area contributed by atoms with Gasteiger partial charge in [-0.1, -0.05) is 65.7 Å². The van der Waals surface area contributed by atoms with Gasteiger partial charge in [-0.05, 0) is 11.6 Å². The summed E-state index contributed by atoms with van der Waals surface area (Å²) in [5.74, 6) is -0.541. The van der Waals surface area contributed by atoms with E-state index in [9.17, 15) is 9.59 Å². The zero-order valence-electron chi connectivity index (χ0n) is 16.2. The highest BCUT2D eigenvalue weighted by Gasteiger charge is 2.22. The standard InChI is InChI=1S/C21H19Cl2N5O3/c22-17-8-4-7-15(19(17)23)10-26-28-20(29)18(9-16-11-24-13-25-16)27-21(30)31-12-14-5-2-1-3-6-14/h1-8,10-11,13,18H,9,12H2,(H,24,25)(H,27,30)(H,28,29)/b26-10-/t18-/m0/s1. The maximum absolute atomic E-state index is 12.6. The Bertz CT molecular complexity index is 1040. The Labute approximate surface area is 188 Å². The summed E-state index contributed by atoms with van der Waals surface area (Å²) in [6.45, 7) is 0.0798. The lowest BCUT2D eigenvalue weighted by atomic mass is 10.1. The summed E-state index contributed by atoms with van der Waals surface area (Å²) in [5.41, 5.74) is 4.42. The molecule has 31 heavy (non-hydrogen) atoms. The number of alkyl carbamates (subject to hydrolysis) is 1. The monoisotopic (exact) mass is 459 g/mol. The highest BCUT2D eigenvalue weighted by Crippen LogP contribution is 2.24. The molecule has 0 radical (unpaired) electrons. The van der Waals surface area contributed by atoms with E-state index in [4.69, 9.17) is 27.9 Å². The third-order valence-electron chi connectivity index (χ3n) is 4.16. The fourth-order valence-corrected chi connectivity index (χ4v) is 2.95. The Balaban J connectivity index is 1.61. The van der Waals surface area contributed by atoms with Gasteiger partial charge in [-0.3, -0.25) is 4.79 Å². The maximum Gasteiger partial charge on any atom is 0.408 e. The van der Waals surface area contributed by atoms with Crippen molar-refractivity contribution in [3.63, 3.8) is 0 Å². The van der Waals surface area contributed by atoms with E-state index in [1.807, 2.05) is 30.3 Å². The Morgan fingerprint density at radius 3 is 2.71 bits per heavy atom. The highest BCUT2D eigenvalue weighted by atomic mass is 35.5. The molecule has 0 bridgehead atoms. The fourth-order valence-electron chi connectivity index (χ4n) is 2.60. The molecule has 1 aromatic heterocycles. The zero-order valence-corrected chi connectivity index (χ0v) is 17.7. The molecule has 0 fully saturated rings. The molecule has 3 aromatic rings. The lowest BCUT2D eigenvalue weighted by Crippen LogP contribution is -2.47. The summed E-state index contributed by atoms with van der Waals surface area (Å²) in [5, 5.41) is 7.15. The normalized spacial score (nSPS) is 11.8. The Morgan fingerprint density at radius 2 is 1.97 bits per heavy atom. The molecule has 1 heterocycles. The van der Waals surface area contributed by atoms with Crippen LogP contribution < -0.4 is 10.7 Å². The average Bonchev–Trinajstić information content (AvgIpc) is 3.28. The molecule has 10 heteroatoms. The van der Waals surface area contributed by atoms with Crippen LogP contribution in [-0.2, 0) is 22.6 Å². The van der Waals surface area contributed by atoms with Crippen molar-refractivity contribution in [2.24, 2.45) is 5.10 Å². The van der Waals surface area contributed by atoms with Crippen LogP contribution in [0.25, 0.3) is 0 Å². The van der Waals surface area contributed by atoms with Crippen molar-refractivity contribution in [2.45, 2.75) is 19.1 Å². The van der Waals surface area contributed by atoms with Crippen molar-refractivity contribution in [3.8, 4) is 0 Å². The molecule has 3 rings (SSSR count). The van der Waals surface area contributed by atoms with Gasteiger partial charge in [-0.2, -0.15) is 5.10 Å². The van der Waals surface area contributed by atoms with Gasteiger partial charge in [0.05, 0.1) is 22.6 Å². The van der Waals surface area contributed by atoms with Gasteiger partial charge in [0.1, 0.15) is 12.6 Å². The first-order valence-corrected chi connectivity index (χ1v) is 10.00. The van der Waals surface area contributed by atoms with E-state index in [1.54, 1.807) is 24.4 Å². The van der Waals surface area contributed by atoms with Crippen molar-refractivity contribution in [1.29, 1.82) is 0 Å². The number of rotatable bonds is 8. The minimum atomic E-state index is -0.948. The van der Waals surface area contributed by atoms with Gasteiger partial charge in [-0.25, -0.2) is 15.2 Å². The number of aromatic nitrogens is 2. The lowest BCUT2D eigenvalue weighted by Gasteiger charge is -2.16. The molecule has 0 aliphatic rings. The molecular weight excluding hydrogens is 441 g/mol. The van der Waals surface area contributed by atoms with Crippen LogP contribution in [0.2, 0.25) is 10.0 Å². The van der Waals surface area contributed by atoms with Gasteiger partial charge >= 0.3 is 6.09 Å². The molecule has 2 aromatic carbocycles. The first-order chi connectivity index (χ1) is 15.0. The lowest BCUT2D eigenvalue weighted by molar-refractivity contribution is -0.123. The van der Waals surface area contributed by atoms with E-state index in [0.717, 1.165) is 5.56 Å². The van der Waals surface area contributed by atoms with Crippen molar-refractivity contribution < 1.29 is 14.3 Å². The summed E-state index contributed by atoms with van der Waals surface area (Å²) >= 11 is 12.1. The minimum Gasteiger partial charge on any atom is -0.445 e. The summed E-state index contributed by atoms with van der Waals surface area (Å²) in [7, 11) is 0. The topological polar surface area (TPSA) is 108 Å². The number of aromatic amines is 1. The Hall–Kier alpha value is -3.36. The van der Waals surface area contributed by atoms with Gasteiger partial charge in [0.2, 0.25) is 0 Å². The predicted octanol–water partition coefficient (Wildman–Crippen LogP) is 3.70. The molecule has 0 aliphatic carbocycles. The number of nitrogens with zero attached hydrogens (tertiary/aromatic N) is 2. The number of hydrogen-bond donors (Lipinski definition) is 3. The first kappa shape index (κ1) is 22.3. The van der Waals surface area contributed by atoms with Gasteiger partial charge < -0.3 is 15.0 Å². The number of ether oxygens (including phenoxy) is 1. The van der Waals surface area contributed by atoms with E-state index in [2.05, 4.69) is 25.8 Å². The SMILES string of the molecule is O=C(N[C@@H](Cc1cnc[nH]1)C(=O)N/N=C\c1cccc(Cl)c1Cl)OCc1ccccc1. The van der Waals surface area contributed by atoms with Crippen LogP contribution >= 0.6 is 23.2 Å². The average molecular weight is 460 g/mol.